The van der Waals surface area contributed by atoms with Gasteiger partial charge in [0.15, 0.2) is 0 Å². The molecule has 1 aliphatic rings. The summed E-state index contributed by atoms with van der Waals surface area (Å²) in [7, 11) is 0. The number of amides is 3. The van der Waals surface area contributed by atoms with Crippen LogP contribution in [0.1, 0.15) is 18.4 Å². The van der Waals surface area contributed by atoms with E-state index in [1.54, 1.807) is 0 Å². The molecular formula is C19H18N2O5. The maximum atomic E-state index is 11.6. The van der Waals surface area contributed by atoms with Crippen molar-refractivity contribution in [3.63, 3.8) is 0 Å². The first-order valence-electron chi connectivity index (χ1n) is 8.25. The first-order chi connectivity index (χ1) is 12.6. The average Bonchev–Trinajstić information content (AvgIpc) is 2.96. The molecule has 3 amide bonds. The number of carbonyl (C=O) groups is 3. The zero-order valence-corrected chi connectivity index (χ0v) is 14.0. The lowest BCUT2D eigenvalue weighted by Gasteiger charge is -2.13. The van der Waals surface area contributed by atoms with Gasteiger partial charge in [0.1, 0.15) is 11.5 Å². The molecule has 0 aliphatic carbocycles. The number of nitrogens with one attached hydrogen (secondary N) is 1. The topological polar surface area (TPSA) is 84.9 Å². The van der Waals surface area contributed by atoms with Gasteiger partial charge in [-0.25, -0.2) is 4.79 Å². The van der Waals surface area contributed by atoms with Crippen LogP contribution in [0.25, 0.3) is 0 Å². The Hall–Kier alpha value is -3.35. The van der Waals surface area contributed by atoms with E-state index in [9.17, 15) is 14.4 Å². The normalized spacial score (nSPS) is 13.6. The number of para-hydroxylation sites is 1. The summed E-state index contributed by atoms with van der Waals surface area (Å²) in [5.74, 6) is 0.479. The Morgan fingerprint density at radius 2 is 1.54 bits per heavy atom. The summed E-state index contributed by atoms with van der Waals surface area (Å²) >= 11 is 0. The van der Waals surface area contributed by atoms with Crippen molar-refractivity contribution >= 4 is 17.9 Å². The van der Waals surface area contributed by atoms with E-state index in [1.807, 2.05) is 54.6 Å². The standard InChI is InChI=1S/C19H18N2O5/c22-17-10-11-18(23)21(17)26-19(24)20-13-12-14-6-8-16(9-7-14)25-15-4-2-1-3-5-15/h1-9H,10-13H2,(H,20,24). The Bertz CT molecular complexity index is 773. The smallest absolute Gasteiger partial charge is 0.432 e. The molecule has 0 atom stereocenters. The van der Waals surface area contributed by atoms with Gasteiger partial charge in [-0.15, -0.1) is 5.06 Å². The zero-order chi connectivity index (χ0) is 18.4. The van der Waals surface area contributed by atoms with E-state index >= 15 is 0 Å². The number of hydrogen-bond acceptors (Lipinski definition) is 5. The largest absolute Gasteiger partial charge is 0.457 e. The van der Waals surface area contributed by atoms with Gasteiger partial charge < -0.3 is 14.9 Å². The molecule has 1 aliphatic heterocycles. The molecule has 0 saturated carbocycles. The Morgan fingerprint density at radius 1 is 0.923 bits per heavy atom. The number of nitrogens with zero attached hydrogens (tertiary/aromatic N) is 1. The third-order valence-corrected chi connectivity index (χ3v) is 3.77. The lowest BCUT2D eigenvalue weighted by molar-refractivity contribution is -0.171. The molecule has 0 aromatic heterocycles. The lowest BCUT2D eigenvalue weighted by atomic mass is 10.1. The second-order valence-electron chi connectivity index (χ2n) is 5.70. The molecule has 1 saturated heterocycles. The molecule has 7 nitrogen and oxygen atoms in total. The van der Waals surface area contributed by atoms with Crippen LogP contribution in [-0.4, -0.2) is 29.5 Å². The van der Waals surface area contributed by atoms with Gasteiger partial charge in [-0.2, -0.15) is 0 Å². The minimum Gasteiger partial charge on any atom is -0.457 e. The predicted molar refractivity (Wildman–Crippen MR) is 92.2 cm³/mol. The molecule has 7 heteroatoms. The van der Waals surface area contributed by atoms with Gasteiger partial charge in [-0.3, -0.25) is 9.59 Å². The number of carbonyl (C=O) groups excluding carboxylic acids is 3. The molecule has 0 bridgehead atoms. The molecular weight excluding hydrogens is 336 g/mol. The van der Waals surface area contributed by atoms with Gasteiger partial charge in [0.25, 0.3) is 11.8 Å². The quantitative estimate of drug-likeness (QED) is 0.807. The highest BCUT2D eigenvalue weighted by Gasteiger charge is 2.32. The number of imide groups is 1. The monoisotopic (exact) mass is 354 g/mol. The van der Waals surface area contributed by atoms with E-state index in [-0.39, 0.29) is 12.8 Å². The van der Waals surface area contributed by atoms with E-state index in [0.29, 0.717) is 18.0 Å². The van der Waals surface area contributed by atoms with Crippen LogP contribution in [-0.2, 0) is 20.8 Å². The van der Waals surface area contributed by atoms with Crippen molar-refractivity contribution in [2.45, 2.75) is 19.3 Å². The minimum absolute atomic E-state index is 0.0729. The maximum Gasteiger partial charge on any atom is 0.432 e. The van der Waals surface area contributed by atoms with Crippen LogP contribution in [0.4, 0.5) is 4.79 Å². The Morgan fingerprint density at radius 3 is 2.19 bits per heavy atom. The second kappa shape index (κ2) is 8.15. The fourth-order valence-electron chi connectivity index (χ4n) is 2.43. The summed E-state index contributed by atoms with van der Waals surface area (Å²) in [6.07, 6.45) is -0.104. The molecule has 2 aromatic carbocycles. The molecule has 2 aromatic rings. The zero-order valence-electron chi connectivity index (χ0n) is 14.0. The maximum absolute atomic E-state index is 11.6. The molecule has 0 unspecified atom stereocenters. The minimum atomic E-state index is -0.822. The van der Waals surface area contributed by atoms with E-state index in [0.717, 1.165) is 17.1 Å². The number of rotatable bonds is 6. The van der Waals surface area contributed by atoms with Crippen LogP contribution in [0.15, 0.2) is 54.6 Å². The van der Waals surface area contributed by atoms with Crippen molar-refractivity contribution < 1.29 is 24.0 Å². The first kappa shape index (κ1) is 17.5. The van der Waals surface area contributed by atoms with E-state index in [2.05, 4.69) is 5.32 Å². The van der Waals surface area contributed by atoms with Crippen LogP contribution < -0.4 is 10.1 Å². The van der Waals surface area contributed by atoms with Gasteiger partial charge in [0.2, 0.25) is 0 Å². The molecule has 26 heavy (non-hydrogen) atoms. The highest BCUT2D eigenvalue weighted by atomic mass is 16.7. The SMILES string of the molecule is O=C(NCCc1ccc(Oc2ccccc2)cc1)ON1C(=O)CCC1=O. The van der Waals surface area contributed by atoms with E-state index in [1.165, 1.54) is 0 Å². The fourth-order valence-corrected chi connectivity index (χ4v) is 2.43. The van der Waals surface area contributed by atoms with Gasteiger partial charge in [0.05, 0.1) is 0 Å². The van der Waals surface area contributed by atoms with E-state index < -0.39 is 17.9 Å². The molecule has 3 rings (SSSR count). The number of ether oxygens (including phenoxy) is 1. The second-order valence-corrected chi connectivity index (χ2v) is 5.70. The Labute approximate surface area is 150 Å². The fraction of sp³-hybridized carbons (Fsp3) is 0.211. The van der Waals surface area contributed by atoms with Crippen molar-refractivity contribution in [3.8, 4) is 11.5 Å². The molecule has 1 N–H and O–H groups in total. The molecule has 134 valence electrons. The van der Waals surface area contributed by atoms with Crippen LogP contribution >= 0.6 is 0 Å². The predicted octanol–water partition coefficient (Wildman–Crippen LogP) is 2.81. The van der Waals surface area contributed by atoms with Crippen molar-refractivity contribution in [2.75, 3.05) is 6.54 Å². The van der Waals surface area contributed by atoms with Crippen molar-refractivity contribution in [1.82, 2.24) is 10.4 Å². The van der Waals surface area contributed by atoms with Crippen LogP contribution in [0.3, 0.4) is 0 Å². The average molecular weight is 354 g/mol. The third-order valence-electron chi connectivity index (χ3n) is 3.77. The Balaban J connectivity index is 1.42. The number of hydrogen-bond donors (Lipinski definition) is 1. The van der Waals surface area contributed by atoms with Gasteiger partial charge >= 0.3 is 6.09 Å². The summed E-state index contributed by atoms with van der Waals surface area (Å²) < 4.78 is 5.71. The van der Waals surface area contributed by atoms with Gasteiger partial charge in [0, 0.05) is 19.4 Å². The van der Waals surface area contributed by atoms with Crippen molar-refractivity contribution in [2.24, 2.45) is 0 Å². The number of benzene rings is 2. The summed E-state index contributed by atoms with van der Waals surface area (Å²) in [5.41, 5.74) is 0.999. The lowest BCUT2D eigenvalue weighted by Crippen LogP contribution is -2.37. The summed E-state index contributed by atoms with van der Waals surface area (Å²) in [5, 5.41) is 3.03. The number of hydroxylamine groups is 2. The first-order valence-corrected chi connectivity index (χ1v) is 8.25. The van der Waals surface area contributed by atoms with E-state index in [4.69, 9.17) is 9.57 Å². The van der Waals surface area contributed by atoms with Crippen molar-refractivity contribution in [1.29, 1.82) is 0 Å². The van der Waals surface area contributed by atoms with Crippen molar-refractivity contribution in [3.05, 3.63) is 60.2 Å². The van der Waals surface area contributed by atoms with Crippen LogP contribution in [0, 0.1) is 0 Å². The molecule has 1 heterocycles. The Kier molecular flexibility index (Phi) is 5.48. The van der Waals surface area contributed by atoms with Gasteiger partial charge in [-0.1, -0.05) is 30.3 Å². The summed E-state index contributed by atoms with van der Waals surface area (Å²) in [6.45, 7) is 0.313. The molecule has 0 radical (unpaired) electrons. The third kappa shape index (κ3) is 4.60. The molecule has 0 spiro atoms. The highest BCUT2D eigenvalue weighted by molar-refractivity contribution is 6.01. The van der Waals surface area contributed by atoms with Gasteiger partial charge in [-0.05, 0) is 36.2 Å². The highest BCUT2D eigenvalue weighted by Crippen LogP contribution is 2.21. The summed E-state index contributed by atoms with van der Waals surface area (Å²) in [6, 6.07) is 17.0. The molecule has 1 fully saturated rings. The van der Waals surface area contributed by atoms with Crippen LogP contribution in [0.2, 0.25) is 0 Å². The summed E-state index contributed by atoms with van der Waals surface area (Å²) in [4.78, 5) is 39.1. The van der Waals surface area contributed by atoms with Crippen LogP contribution in [0.5, 0.6) is 11.5 Å².